The zero-order valence-corrected chi connectivity index (χ0v) is 11.2. The summed E-state index contributed by atoms with van der Waals surface area (Å²) in [5, 5.41) is 8.60. The van der Waals surface area contributed by atoms with Crippen LogP contribution in [0, 0.1) is 11.8 Å². The maximum Gasteiger partial charge on any atom is 0.335 e. The summed E-state index contributed by atoms with van der Waals surface area (Å²) >= 11 is 0. The lowest BCUT2D eigenvalue weighted by atomic mass is 10.1. The molecular weight excluding hydrogens is 244 g/mol. The minimum atomic E-state index is -0.589. The lowest BCUT2D eigenvalue weighted by Gasteiger charge is -2.13. The lowest BCUT2D eigenvalue weighted by Crippen LogP contribution is -2.27. The number of aliphatic hydroxyl groups excluding tert-OH is 1. The van der Waals surface area contributed by atoms with Crippen LogP contribution < -0.4 is 0 Å². The van der Waals surface area contributed by atoms with E-state index in [2.05, 4.69) is 11.8 Å². The van der Waals surface area contributed by atoms with Crippen LogP contribution in [-0.4, -0.2) is 37.5 Å². The molecular formula is C15H18O4. The summed E-state index contributed by atoms with van der Waals surface area (Å²) in [5.74, 6) is 5.03. The van der Waals surface area contributed by atoms with Crippen molar-refractivity contribution in [3.8, 4) is 11.8 Å². The number of rotatable bonds is 5. The van der Waals surface area contributed by atoms with E-state index in [0.717, 1.165) is 11.1 Å². The first-order valence-electron chi connectivity index (χ1n) is 6.09. The van der Waals surface area contributed by atoms with Crippen LogP contribution in [0.15, 0.2) is 24.3 Å². The first-order chi connectivity index (χ1) is 9.21. The van der Waals surface area contributed by atoms with Crippen molar-refractivity contribution in [1.82, 2.24) is 0 Å². The highest BCUT2D eigenvalue weighted by Crippen LogP contribution is 2.09. The van der Waals surface area contributed by atoms with Gasteiger partial charge in [-0.15, -0.1) is 0 Å². The number of methoxy groups -OCH3 is 1. The van der Waals surface area contributed by atoms with E-state index in [9.17, 15) is 4.79 Å². The number of esters is 1. The standard InChI is InChI=1S/C15H18O4/c1-3-19-15(17)14(18-2)11-13-8-6-12(7-9-13)5-4-10-16/h6-9,14,16H,3,10-11H2,1-2H3/t14-/m0/s1. The minimum absolute atomic E-state index is 0.156. The highest BCUT2D eigenvalue weighted by molar-refractivity contribution is 5.75. The van der Waals surface area contributed by atoms with Crippen molar-refractivity contribution in [2.24, 2.45) is 0 Å². The molecule has 0 saturated carbocycles. The maximum atomic E-state index is 11.6. The molecule has 4 nitrogen and oxygen atoms in total. The number of hydrogen-bond acceptors (Lipinski definition) is 4. The molecule has 0 saturated heterocycles. The number of aliphatic hydroxyl groups is 1. The Morgan fingerprint density at radius 3 is 2.58 bits per heavy atom. The van der Waals surface area contributed by atoms with Crippen molar-refractivity contribution < 1.29 is 19.4 Å². The number of hydrogen-bond donors (Lipinski definition) is 1. The van der Waals surface area contributed by atoms with Gasteiger partial charge in [0, 0.05) is 19.1 Å². The molecule has 0 aliphatic rings. The van der Waals surface area contributed by atoms with Crippen LogP contribution in [-0.2, 0) is 20.7 Å². The Bertz CT molecular complexity index is 453. The van der Waals surface area contributed by atoms with Crippen molar-refractivity contribution in [1.29, 1.82) is 0 Å². The molecule has 102 valence electrons. The fraction of sp³-hybridized carbons (Fsp3) is 0.400. The van der Waals surface area contributed by atoms with Crippen molar-refractivity contribution >= 4 is 5.97 Å². The number of ether oxygens (including phenoxy) is 2. The van der Waals surface area contributed by atoms with E-state index in [0.29, 0.717) is 13.0 Å². The van der Waals surface area contributed by atoms with E-state index < -0.39 is 6.10 Å². The van der Waals surface area contributed by atoms with Crippen LogP contribution in [0.4, 0.5) is 0 Å². The molecule has 1 atom stereocenters. The summed E-state index contributed by atoms with van der Waals surface area (Å²) in [5.41, 5.74) is 1.79. The van der Waals surface area contributed by atoms with Gasteiger partial charge >= 0.3 is 5.97 Å². The Morgan fingerprint density at radius 2 is 2.05 bits per heavy atom. The van der Waals surface area contributed by atoms with Crippen molar-refractivity contribution in [3.63, 3.8) is 0 Å². The van der Waals surface area contributed by atoms with Gasteiger partial charge in [0.2, 0.25) is 0 Å². The zero-order chi connectivity index (χ0) is 14.1. The summed E-state index contributed by atoms with van der Waals surface area (Å²) in [6, 6.07) is 7.45. The van der Waals surface area contributed by atoms with Crippen LogP contribution in [0.25, 0.3) is 0 Å². The average Bonchev–Trinajstić information content (AvgIpc) is 2.44. The van der Waals surface area contributed by atoms with Gasteiger partial charge < -0.3 is 14.6 Å². The zero-order valence-electron chi connectivity index (χ0n) is 11.2. The van der Waals surface area contributed by atoms with E-state index in [1.807, 2.05) is 24.3 Å². The highest BCUT2D eigenvalue weighted by atomic mass is 16.6. The summed E-state index contributed by atoms with van der Waals surface area (Å²) < 4.78 is 10.1. The van der Waals surface area contributed by atoms with Crippen LogP contribution in [0.3, 0.4) is 0 Å². The normalized spacial score (nSPS) is 11.3. The van der Waals surface area contributed by atoms with Crippen LogP contribution in [0.2, 0.25) is 0 Å². The summed E-state index contributed by atoms with van der Waals surface area (Å²) in [6.45, 7) is 1.95. The van der Waals surface area contributed by atoms with Gasteiger partial charge in [0.05, 0.1) is 6.61 Å². The molecule has 0 heterocycles. The third kappa shape index (κ3) is 5.12. The molecule has 0 bridgehead atoms. The molecule has 1 aromatic rings. The molecule has 0 aromatic heterocycles. The Kier molecular flexibility index (Phi) is 6.65. The number of benzene rings is 1. The Hall–Kier alpha value is -1.83. The SMILES string of the molecule is CCOC(=O)[C@H](Cc1ccc(C#CCO)cc1)OC. The van der Waals surface area contributed by atoms with Crippen LogP contribution in [0.1, 0.15) is 18.1 Å². The third-order valence-electron chi connectivity index (χ3n) is 2.52. The van der Waals surface area contributed by atoms with Gasteiger partial charge in [0.1, 0.15) is 6.61 Å². The van der Waals surface area contributed by atoms with Gasteiger partial charge in [-0.05, 0) is 24.6 Å². The molecule has 19 heavy (non-hydrogen) atoms. The molecule has 1 rings (SSSR count). The van der Waals surface area contributed by atoms with Crippen LogP contribution >= 0.6 is 0 Å². The molecule has 4 heteroatoms. The highest BCUT2D eigenvalue weighted by Gasteiger charge is 2.19. The van der Waals surface area contributed by atoms with Gasteiger partial charge in [-0.3, -0.25) is 0 Å². The topological polar surface area (TPSA) is 55.8 Å². The van der Waals surface area contributed by atoms with E-state index >= 15 is 0 Å². The van der Waals surface area contributed by atoms with Crippen LogP contribution in [0.5, 0.6) is 0 Å². The first-order valence-corrected chi connectivity index (χ1v) is 6.09. The van der Waals surface area contributed by atoms with Crippen molar-refractivity contribution in [3.05, 3.63) is 35.4 Å². The monoisotopic (exact) mass is 262 g/mol. The fourth-order valence-electron chi connectivity index (χ4n) is 1.58. The predicted octanol–water partition coefficient (Wildman–Crippen LogP) is 1.15. The van der Waals surface area contributed by atoms with Gasteiger partial charge in [-0.1, -0.05) is 24.0 Å². The molecule has 1 aromatic carbocycles. The van der Waals surface area contributed by atoms with Gasteiger partial charge in [0.25, 0.3) is 0 Å². The second-order valence-corrected chi connectivity index (χ2v) is 3.84. The molecule has 1 N–H and O–H groups in total. The molecule has 0 aliphatic carbocycles. The Morgan fingerprint density at radius 1 is 1.37 bits per heavy atom. The van der Waals surface area contributed by atoms with E-state index in [1.54, 1.807) is 6.92 Å². The minimum Gasteiger partial charge on any atom is -0.464 e. The molecule has 0 fully saturated rings. The molecule has 0 spiro atoms. The molecule has 0 aliphatic heterocycles. The van der Waals surface area contributed by atoms with E-state index in [4.69, 9.17) is 14.6 Å². The largest absolute Gasteiger partial charge is 0.464 e. The summed E-state index contributed by atoms with van der Waals surface area (Å²) in [6.07, 6.45) is -0.127. The second kappa shape index (κ2) is 8.30. The van der Waals surface area contributed by atoms with Crippen molar-refractivity contribution in [2.45, 2.75) is 19.4 Å². The predicted molar refractivity (Wildman–Crippen MR) is 71.5 cm³/mol. The van der Waals surface area contributed by atoms with E-state index in [1.165, 1.54) is 7.11 Å². The summed E-state index contributed by atoms with van der Waals surface area (Å²) in [7, 11) is 1.49. The summed E-state index contributed by atoms with van der Waals surface area (Å²) in [4.78, 5) is 11.6. The smallest absolute Gasteiger partial charge is 0.335 e. The Labute approximate surface area is 113 Å². The number of carbonyl (C=O) groups excluding carboxylic acids is 1. The number of carbonyl (C=O) groups is 1. The molecule has 0 unspecified atom stereocenters. The van der Waals surface area contributed by atoms with Gasteiger partial charge in [-0.2, -0.15) is 0 Å². The van der Waals surface area contributed by atoms with Gasteiger partial charge in [0.15, 0.2) is 6.10 Å². The molecule has 0 amide bonds. The molecule has 0 radical (unpaired) electrons. The van der Waals surface area contributed by atoms with Gasteiger partial charge in [-0.25, -0.2) is 4.79 Å². The lowest BCUT2D eigenvalue weighted by molar-refractivity contribution is -0.154. The Balaban J connectivity index is 2.67. The fourth-order valence-corrected chi connectivity index (χ4v) is 1.58. The second-order valence-electron chi connectivity index (χ2n) is 3.84. The maximum absolute atomic E-state index is 11.6. The third-order valence-corrected chi connectivity index (χ3v) is 2.52. The average molecular weight is 262 g/mol. The quantitative estimate of drug-likeness (QED) is 0.639. The van der Waals surface area contributed by atoms with Crippen molar-refractivity contribution in [2.75, 3.05) is 20.3 Å². The van der Waals surface area contributed by atoms with E-state index in [-0.39, 0.29) is 12.6 Å². The first kappa shape index (κ1) is 15.2.